The fourth-order valence-electron chi connectivity index (χ4n) is 2.79. The van der Waals surface area contributed by atoms with Crippen LogP contribution in [0.15, 0.2) is 0 Å². The summed E-state index contributed by atoms with van der Waals surface area (Å²) in [5.41, 5.74) is 0. The third-order valence-corrected chi connectivity index (χ3v) is 4.88. The van der Waals surface area contributed by atoms with E-state index in [4.69, 9.17) is 0 Å². The molecule has 0 radical (unpaired) electrons. The molecular formula is C18H37NaO2P+. The summed E-state index contributed by atoms with van der Waals surface area (Å²) in [7, 11) is -2.14. The van der Waals surface area contributed by atoms with E-state index in [2.05, 4.69) is 6.92 Å². The summed E-state index contributed by atoms with van der Waals surface area (Å²) in [6.45, 7) is 2.27. The normalized spacial score (nSPS) is 11.3. The Hall–Kier alpha value is 1.06. The first-order valence-corrected chi connectivity index (χ1v) is 10.8. The third-order valence-electron chi connectivity index (χ3n) is 4.19. The molecule has 0 heterocycles. The van der Waals surface area contributed by atoms with E-state index in [0.717, 1.165) is 12.8 Å². The Morgan fingerprint density at radius 1 is 0.591 bits per heavy atom. The van der Waals surface area contributed by atoms with Crippen LogP contribution in [0.25, 0.3) is 0 Å². The molecule has 0 amide bonds. The molecule has 126 valence electrons. The predicted molar refractivity (Wildman–Crippen MR) is 92.0 cm³/mol. The molecule has 0 aliphatic rings. The summed E-state index contributed by atoms with van der Waals surface area (Å²) < 4.78 is 10.4. The second-order valence-electron chi connectivity index (χ2n) is 6.36. The molecule has 0 fully saturated rings. The van der Waals surface area contributed by atoms with E-state index in [1.165, 1.54) is 89.9 Å². The smallest absolute Gasteiger partial charge is 0.596 e. The van der Waals surface area contributed by atoms with Crippen LogP contribution in [0.4, 0.5) is 0 Å². The predicted octanol–water partition coefficient (Wildman–Crippen LogP) is 3.35. The van der Waals surface area contributed by atoms with Gasteiger partial charge in [0.1, 0.15) is 6.16 Å². The summed E-state index contributed by atoms with van der Waals surface area (Å²) in [6.07, 6.45) is 21.7. The molecule has 1 atom stereocenters. The van der Waals surface area contributed by atoms with Crippen molar-refractivity contribution < 1.29 is 39.0 Å². The van der Waals surface area contributed by atoms with Crippen LogP contribution in [0.2, 0.25) is 0 Å². The molecule has 0 aromatic carbocycles. The molecule has 4 heteroatoms. The average molecular weight is 339 g/mol. The molecule has 22 heavy (non-hydrogen) atoms. The monoisotopic (exact) mass is 339 g/mol. The third kappa shape index (κ3) is 23.3. The zero-order valence-electron chi connectivity index (χ0n) is 15.3. The Morgan fingerprint density at radius 3 is 1.14 bits per heavy atom. The largest absolute Gasteiger partial charge is 1.00 e. The maximum absolute atomic E-state index is 10.4. The quantitative estimate of drug-likeness (QED) is 0.232. The minimum Gasteiger partial charge on any atom is -0.596 e. The van der Waals surface area contributed by atoms with Crippen molar-refractivity contribution >= 4 is 8.03 Å². The van der Waals surface area contributed by atoms with Crippen molar-refractivity contribution in [2.24, 2.45) is 0 Å². The number of rotatable bonds is 17. The van der Waals surface area contributed by atoms with Crippen LogP contribution in [0.5, 0.6) is 0 Å². The van der Waals surface area contributed by atoms with E-state index < -0.39 is 8.03 Å². The van der Waals surface area contributed by atoms with Crippen LogP contribution >= 0.6 is 8.03 Å². The minimum absolute atomic E-state index is 0. The summed E-state index contributed by atoms with van der Waals surface area (Å²) in [5.74, 6) is 0. The average Bonchev–Trinajstić information content (AvgIpc) is 2.46. The molecule has 0 aliphatic carbocycles. The Kier molecular flexibility index (Phi) is 25.4. The molecule has 0 aromatic rings. The van der Waals surface area contributed by atoms with Crippen LogP contribution in [-0.4, -0.2) is 6.16 Å². The molecule has 0 rings (SSSR count). The molecular weight excluding hydrogens is 302 g/mol. The van der Waals surface area contributed by atoms with Crippen LogP contribution < -0.4 is 34.5 Å². The van der Waals surface area contributed by atoms with Gasteiger partial charge in [-0.25, -0.2) is 0 Å². The molecule has 2 nitrogen and oxygen atoms in total. The first-order valence-electron chi connectivity index (χ1n) is 9.39. The van der Waals surface area contributed by atoms with Gasteiger partial charge in [-0.3, -0.25) is 0 Å². The number of hydrogen-bond donors (Lipinski definition) is 0. The van der Waals surface area contributed by atoms with Gasteiger partial charge in [0, 0.05) is 0 Å². The van der Waals surface area contributed by atoms with Gasteiger partial charge in [0.05, 0.1) is 0 Å². The van der Waals surface area contributed by atoms with E-state index in [9.17, 15) is 9.46 Å². The molecule has 0 spiro atoms. The van der Waals surface area contributed by atoms with Gasteiger partial charge in [-0.15, -0.1) is 0 Å². The van der Waals surface area contributed by atoms with Gasteiger partial charge < -0.3 is 4.89 Å². The Bertz CT molecular complexity index is 225. The molecule has 1 unspecified atom stereocenters. The standard InChI is InChI=1S/C18H37O2P.Na/c1-2-3-4-5-6-7-8-9-10-11-12-13-14-15-16-17-18-21(19)20;/h2-18H2,1H3;/q;+1. The molecule has 0 aromatic heterocycles. The van der Waals surface area contributed by atoms with Crippen LogP contribution in [0, 0.1) is 0 Å². The van der Waals surface area contributed by atoms with Gasteiger partial charge in [-0.1, -0.05) is 101 Å². The van der Waals surface area contributed by atoms with E-state index in [-0.39, 0.29) is 29.6 Å². The molecule has 0 N–H and O–H groups in total. The number of hydrogen-bond acceptors (Lipinski definition) is 2. The van der Waals surface area contributed by atoms with Gasteiger partial charge in [0.2, 0.25) is 0 Å². The van der Waals surface area contributed by atoms with E-state index in [1.807, 2.05) is 0 Å². The summed E-state index contributed by atoms with van der Waals surface area (Å²) in [4.78, 5) is 10.4. The minimum atomic E-state index is -2.14. The van der Waals surface area contributed by atoms with Crippen LogP contribution in [0.1, 0.15) is 110 Å². The zero-order chi connectivity index (χ0) is 15.6. The molecule has 0 bridgehead atoms. The topological polar surface area (TPSA) is 40.1 Å². The Labute approximate surface area is 162 Å². The van der Waals surface area contributed by atoms with Crippen molar-refractivity contribution in [1.29, 1.82) is 0 Å². The van der Waals surface area contributed by atoms with E-state index in [1.54, 1.807) is 0 Å². The van der Waals surface area contributed by atoms with Gasteiger partial charge in [0.25, 0.3) is 0 Å². The fourth-order valence-corrected chi connectivity index (χ4v) is 3.27. The SMILES string of the molecule is CCCCCCCCCCCCCCCCCC[P+](=O)[O-].[Na+]. The van der Waals surface area contributed by atoms with Crippen LogP contribution in [-0.2, 0) is 4.57 Å². The summed E-state index contributed by atoms with van der Waals surface area (Å²) >= 11 is 0. The van der Waals surface area contributed by atoms with Crippen molar-refractivity contribution in [2.75, 3.05) is 6.16 Å². The fraction of sp³-hybridized carbons (Fsp3) is 1.00. The molecule has 0 aliphatic heterocycles. The van der Waals surface area contributed by atoms with Gasteiger partial charge in [0.15, 0.2) is 0 Å². The maximum Gasteiger partial charge on any atom is 1.00 e. The Balaban J connectivity index is 0. The summed E-state index contributed by atoms with van der Waals surface area (Å²) in [5, 5.41) is 0. The first kappa shape index (κ1) is 25.3. The summed E-state index contributed by atoms with van der Waals surface area (Å²) in [6, 6.07) is 0. The maximum atomic E-state index is 10.4. The molecule has 0 saturated carbocycles. The van der Waals surface area contributed by atoms with Crippen molar-refractivity contribution in [2.45, 2.75) is 110 Å². The Morgan fingerprint density at radius 2 is 0.864 bits per heavy atom. The van der Waals surface area contributed by atoms with Gasteiger partial charge >= 0.3 is 37.6 Å². The zero-order valence-corrected chi connectivity index (χ0v) is 18.2. The van der Waals surface area contributed by atoms with Crippen molar-refractivity contribution in [3.63, 3.8) is 0 Å². The van der Waals surface area contributed by atoms with Gasteiger partial charge in [-0.2, -0.15) is 0 Å². The first-order chi connectivity index (χ1) is 10.3. The van der Waals surface area contributed by atoms with Crippen LogP contribution in [0.3, 0.4) is 0 Å². The van der Waals surface area contributed by atoms with E-state index in [0.29, 0.717) is 6.16 Å². The van der Waals surface area contributed by atoms with Crippen molar-refractivity contribution in [1.82, 2.24) is 0 Å². The van der Waals surface area contributed by atoms with E-state index >= 15 is 0 Å². The van der Waals surface area contributed by atoms with Gasteiger partial charge in [-0.05, 0) is 12.8 Å². The second kappa shape index (κ2) is 22.1. The second-order valence-corrected chi connectivity index (χ2v) is 7.47. The van der Waals surface area contributed by atoms with Crippen molar-refractivity contribution in [3.8, 4) is 0 Å². The molecule has 0 saturated heterocycles. The van der Waals surface area contributed by atoms with Crippen molar-refractivity contribution in [3.05, 3.63) is 0 Å². The number of unbranched alkanes of at least 4 members (excludes halogenated alkanes) is 15.